The summed E-state index contributed by atoms with van der Waals surface area (Å²) < 4.78 is 5.90. The standard InChI is InChI=1S/C17H28N4O3/c1-19(2)11-13-16(17(23)14(12-22)24-13)21-9-7-20(8-10-21)15-5-3-4-6-18-15/h3-6,13-14,16-17,22-23H,7-12H2,1-2H3. The maximum absolute atomic E-state index is 10.6. The van der Waals surface area contributed by atoms with E-state index in [1.54, 1.807) is 0 Å². The number of aromatic nitrogens is 1. The Morgan fingerprint density at radius 2 is 1.96 bits per heavy atom. The van der Waals surface area contributed by atoms with E-state index >= 15 is 0 Å². The number of anilines is 1. The van der Waals surface area contributed by atoms with E-state index in [9.17, 15) is 10.2 Å². The molecule has 134 valence electrons. The van der Waals surface area contributed by atoms with Gasteiger partial charge in [-0.05, 0) is 26.2 Å². The van der Waals surface area contributed by atoms with Gasteiger partial charge < -0.3 is 24.7 Å². The fraction of sp³-hybridized carbons (Fsp3) is 0.706. The van der Waals surface area contributed by atoms with Crippen LogP contribution in [-0.4, -0.2) is 103 Å². The lowest BCUT2D eigenvalue weighted by molar-refractivity contribution is -0.0274. The van der Waals surface area contributed by atoms with Crippen molar-refractivity contribution in [3.05, 3.63) is 24.4 Å². The first kappa shape index (κ1) is 17.6. The molecule has 1 aromatic rings. The third-order valence-corrected chi connectivity index (χ3v) is 4.90. The zero-order valence-electron chi connectivity index (χ0n) is 14.5. The van der Waals surface area contributed by atoms with Crippen LogP contribution < -0.4 is 4.90 Å². The van der Waals surface area contributed by atoms with Crippen molar-refractivity contribution >= 4 is 5.82 Å². The van der Waals surface area contributed by atoms with Gasteiger partial charge >= 0.3 is 0 Å². The van der Waals surface area contributed by atoms with Crippen molar-refractivity contribution in [1.82, 2.24) is 14.8 Å². The molecule has 0 bridgehead atoms. The van der Waals surface area contributed by atoms with Gasteiger partial charge in [0.25, 0.3) is 0 Å². The Morgan fingerprint density at radius 3 is 2.54 bits per heavy atom. The first-order valence-electron chi connectivity index (χ1n) is 8.59. The molecule has 0 saturated carbocycles. The highest BCUT2D eigenvalue weighted by molar-refractivity contribution is 5.38. The third-order valence-electron chi connectivity index (χ3n) is 4.90. The second-order valence-corrected chi connectivity index (χ2v) is 6.85. The van der Waals surface area contributed by atoms with Gasteiger partial charge in [-0.1, -0.05) is 6.07 Å². The van der Waals surface area contributed by atoms with Crippen LogP contribution >= 0.6 is 0 Å². The summed E-state index contributed by atoms with van der Waals surface area (Å²) >= 11 is 0. The second-order valence-electron chi connectivity index (χ2n) is 6.85. The molecule has 2 fully saturated rings. The lowest BCUT2D eigenvalue weighted by Gasteiger charge is -2.41. The second kappa shape index (κ2) is 7.76. The zero-order valence-corrected chi connectivity index (χ0v) is 14.5. The summed E-state index contributed by atoms with van der Waals surface area (Å²) in [4.78, 5) is 11.0. The summed E-state index contributed by atoms with van der Waals surface area (Å²) in [6, 6.07) is 5.88. The van der Waals surface area contributed by atoms with E-state index in [2.05, 4.69) is 19.7 Å². The molecule has 2 aliphatic rings. The molecule has 1 aromatic heterocycles. The van der Waals surface area contributed by atoms with Crippen molar-refractivity contribution in [2.45, 2.75) is 24.4 Å². The number of pyridine rings is 1. The van der Waals surface area contributed by atoms with E-state index in [0.717, 1.165) is 38.5 Å². The largest absolute Gasteiger partial charge is 0.394 e. The summed E-state index contributed by atoms with van der Waals surface area (Å²) in [6.45, 7) is 4.04. The van der Waals surface area contributed by atoms with E-state index in [4.69, 9.17) is 4.74 Å². The molecule has 0 aromatic carbocycles. The van der Waals surface area contributed by atoms with Crippen molar-refractivity contribution in [3.8, 4) is 0 Å². The fourth-order valence-electron chi connectivity index (χ4n) is 3.73. The van der Waals surface area contributed by atoms with Crippen molar-refractivity contribution in [2.75, 3.05) is 58.3 Å². The van der Waals surface area contributed by atoms with Gasteiger partial charge in [0, 0.05) is 38.9 Å². The van der Waals surface area contributed by atoms with E-state index in [0.29, 0.717) is 0 Å². The van der Waals surface area contributed by atoms with Gasteiger partial charge in [-0.25, -0.2) is 4.98 Å². The Kier molecular flexibility index (Phi) is 5.68. The Morgan fingerprint density at radius 1 is 1.21 bits per heavy atom. The average molecular weight is 336 g/mol. The molecule has 2 N–H and O–H groups in total. The molecular formula is C17H28N4O3. The van der Waals surface area contributed by atoms with Gasteiger partial charge in [-0.15, -0.1) is 0 Å². The van der Waals surface area contributed by atoms with Crippen LogP contribution in [0.4, 0.5) is 5.82 Å². The molecule has 0 radical (unpaired) electrons. The van der Waals surface area contributed by atoms with Gasteiger partial charge in [-0.2, -0.15) is 0 Å². The van der Waals surface area contributed by atoms with E-state index < -0.39 is 12.2 Å². The van der Waals surface area contributed by atoms with Crippen LogP contribution in [0.1, 0.15) is 0 Å². The fourth-order valence-corrected chi connectivity index (χ4v) is 3.73. The summed E-state index contributed by atoms with van der Waals surface area (Å²) in [5, 5.41) is 20.1. The zero-order chi connectivity index (χ0) is 17.1. The molecule has 0 aliphatic carbocycles. The van der Waals surface area contributed by atoms with Crippen molar-refractivity contribution in [2.24, 2.45) is 0 Å². The Bertz CT molecular complexity index is 508. The van der Waals surface area contributed by atoms with Crippen molar-refractivity contribution in [3.63, 3.8) is 0 Å². The number of ether oxygens (including phenoxy) is 1. The van der Waals surface area contributed by atoms with Crippen LogP contribution in [-0.2, 0) is 4.74 Å². The van der Waals surface area contributed by atoms with Gasteiger partial charge in [-0.3, -0.25) is 4.90 Å². The quantitative estimate of drug-likeness (QED) is 0.733. The molecule has 4 atom stereocenters. The molecule has 2 saturated heterocycles. The summed E-state index contributed by atoms with van der Waals surface area (Å²) in [6.07, 6.45) is 0.582. The summed E-state index contributed by atoms with van der Waals surface area (Å²) in [7, 11) is 4.00. The smallest absolute Gasteiger partial charge is 0.128 e. The van der Waals surface area contributed by atoms with Crippen molar-refractivity contribution in [1.29, 1.82) is 0 Å². The molecule has 4 unspecified atom stereocenters. The van der Waals surface area contributed by atoms with Gasteiger partial charge in [0.2, 0.25) is 0 Å². The number of nitrogens with zero attached hydrogens (tertiary/aromatic N) is 4. The van der Waals surface area contributed by atoms with Crippen LogP contribution in [0.2, 0.25) is 0 Å². The molecule has 3 rings (SSSR count). The maximum atomic E-state index is 10.6. The van der Waals surface area contributed by atoms with E-state index in [1.807, 2.05) is 38.5 Å². The highest BCUT2D eigenvalue weighted by Gasteiger charge is 2.46. The Hall–Kier alpha value is -1.25. The van der Waals surface area contributed by atoms with Gasteiger partial charge in [0.1, 0.15) is 18.0 Å². The summed E-state index contributed by atoms with van der Waals surface area (Å²) in [5.74, 6) is 0.999. The highest BCUT2D eigenvalue weighted by atomic mass is 16.5. The normalized spacial score (nSPS) is 31.8. The molecule has 2 aliphatic heterocycles. The number of rotatable bonds is 5. The lowest BCUT2D eigenvalue weighted by Crippen LogP contribution is -2.57. The molecule has 24 heavy (non-hydrogen) atoms. The first-order chi connectivity index (χ1) is 11.6. The molecule has 0 amide bonds. The van der Waals surface area contributed by atoms with Crippen LogP contribution in [0.25, 0.3) is 0 Å². The molecule has 7 nitrogen and oxygen atoms in total. The molecule has 7 heteroatoms. The van der Waals surface area contributed by atoms with Gasteiger partial charge in [0.15, 0.2) is 0 Å². The number of likely N-dealkylation sites (N-methyl/N-ethyl adjacent to an activating group) is 1. The van der Waals surface area contributed by atoms with Crippen LogP contribution in [0.15, 0.2) is 24.4 Å². The molecule has 3 heterocycles. The predicted octanol–water partition coefficient (Wildman–Crippen LogP) is -0.746. The van der Waals surface area contributed by atoms with Gasteiger partial charge in [0.05, 0.1) is 18.8 Å². The van der Waals surface area contributed by atoms with Crippen LogP contribution in [0.3, 0.4) is 0 Å². The SMILES string of the molecule is CN(C)CC1OC(CO)C(O)C1N1CCN(c2ccccn2)CC1. The first-order valence-corrected chi connectivity index (χ1v) is 8.59. The lowest BCUT2D eigenvalue weighted by atomic mass is 10.0. The maximum Gasteiger partial charge on any atom is 0.128 e. The van der Waals surface area contributed by atoms with Crippen molar-refractivity contribution < 1.29 is 14.9 Å². The third kappa shape index (κ3) is 3.70. The molecular weight excluding hydrogens is 308 g/mol. The predicted molar refractivity (Wildman–Crippen MR) is 92.1 cm³/mol. The minimum Gasteiger partial charge on any atom is -0.394 e. The number of piperazine rings is 1. The van der Waals surface area contributed by atoms with Crippen LogP contribution in [0.5, 0.6) is 0 Å². The highest BCUT2D eigenvalue weighted by Crippen LogP contribution is 2.27. The minimum absolute atomic E-state index is 0.0737. The minimum atomic E-state index is -0.652. The number of hydrogen-bond donors (Lipinski definition) is 2. The number of aliphatic hydroxyl groups is 2. The Balaban J connectivity index is 1.65. The Labute approximate surface area is 143 Å². The monoisotopic (exact) mass is 336 g/mol. The average Bonchev–Trinajstić information content (AvgIpc) is 2.90. The summed E-state index contributed by atoms with van der Waals surface area (Å²) in [5.41, 5.74) is 0. The topological polar surface area (TPSA) is 72.3 Å². The molecule has 0 spiro atoms. The number of hydrogen-bond acceptors (Lipinski definition) is 7. The van der Waals surface area contributed by atoms with E-state index in [1.165, 1.54) is 0 Å². The number of aliphatic hydroxyl groups excluding tert-OH is 2. The van der Waals surface area contributed by atoms with E-state index in [-0.39, 0.29) is 18.8 Å². The van der Waals surface area contributed by atoms with Crippen LogP contribution in [0, 0.1) is 0 Å².